The van der Waals surface area contributed by atoms with E-state index in [0.717, 1.165) is 0 Å². The van der Waals surface area contributed by atoms with Gasteiger partial charge in [-0.05, 0) is 12.2 Å². The first-order valence-corrected chi connectivity index (χ1v) is 4.40. The van der Waals surface area contributed by atoms with Crippen LogP contribution in [0.25, 0.3) is 0 Å². The molecule has 7 nitrogen and oxygen atoms in total. The first-order valence-electron chi connectivity index (χ1n) is 3.99. The lowest BCUT2D eigenvalue weighted by molar-refractivity contribution is -0.196. The van der Waals surface area contributed by atoms with Crippen molar-refractivity contribution in [3.8, 4) is 0 Å². The number of aliphatic hydroxyl groups is 3. The molecule has 1 fully saturated rings. The zero-order valence-corrected chi connectivity index (χ0v) is 8.07. The Balaban J connectivity index is 2.42. The molecule has 0 radical (unpaired) electrons. The third-order valence-electron chi connectivity index (χ3n) is 1.84. The second-order valence-electron chi connectivity index (χ2n) is 2.94. The van der Waals surface area contributed by atoms with Crippen molar-refractivity contribution < 1.29 is 20.1 Å². The van der Waals surface area contributed by atoms with Crippen LogP contribution in [0.2, 0.25) is 0 Å². The summed E-state index contributed by atoms with van der Waals surface area (Å²) >= 11 is 4.51. The van der Waals surface area contributed by atoms with Crippen molar-refractivity contribution in [2.24, 2.45) is 5.73 Å². The number of thiocarbonyl (C=S) groups is 1. The van der Waals surface area contributed by atoms with Crippen molar-refractivity contribution in [1.82, 2.24) is 10.9 Å². The lowest BCUT2D eigenvalue weighted by atomic mass is 10.1. The molecule has 0 bridgehead atoms. The summed E-state index contributed by atoms with van der Waals surface area (Å²) in [4.78, 5) is 0. The Morgan fingerprint density at radius 3 is 2.57 bits per heavy atom. The standard InChI is InChI=1S/C6H13N3O4S/c7-6(14)9-8-5-4(12)3(11)2(10)1-13-5/h2-5,8,10-12H,1H2,(H3,7,9,14)/t2-,3-,4+,5+/m1/s1. The van der Waals surface area contributed by atoms with Crippen LogP contribution in [-0.4, -0.2) is 51.6 Å². The molecule has 0 spiro atoms. The first-order chi connectivity index (χ1) is 6.52. The quantitative estimate of drug-likeness (QED) is 0.213. The minimum Gasteiger partial charge on any atom is -0.388 e. The predicted octanol–water partition coefficient (Wildman–Crippen LogP) is -3.24. The molecule has 0 unspecified atom stereocenters. The Morgan fingerprint density at radius 2 is 2.00 bits per heavy atom. The highest BCUT2D eigenvalue weighted by Crippen LogP contribution is 2.12. The van der Waals surface area contributed by atoms with Crippen LogP contribution in [0.15, 0.2) is 0 Å². The Kier molecular flexibility index (Phi) is 3.98. The van der Waals surface area contributed by atoms with E-state index in [9.17, 15) is 10.2 Å². The summed E-state index contributed by atoms with van der Waals surface area (Å²) in [6.45, 7) is -0.0745. The van der Waals surface area contributed by atoms with Crippen LogP contribution >= 0.6 is 12.2 Å². The van der Waals surface area contributed by atoms with Gasteiger partial charge in [0, 0.05) is 0 Å². The molecule has 0 aromatic rings. The Hall–Kier alpha value is -0.510. The fraction of sp³-hybridized carbons (Fsp3) is 0.833. The Labute approximate surface area is 85.8 Å². The number of nitrogens with two attached hydrogens (primary N) is 1. The van der Waals surface area contributed by atoms with Crippen LogP contribution < -0.4 is 16.6 Å². The van der Waals surface area contributed by atoms with E-state index in [0.29, 0.717) is 0 Å². The monoisotopic (exact) mass is 223 g/mol. The highest BCUT2D eigenvalue weighted by Gasteiger charge is 2.37. The first kappa shape index (κ1) is 11.6. The summed E-state index contributed by atoms with van der Waals surface area (Å²) in [5.41, 5.74) is 9.95. The van der Waals surface area contributed by atoms with Crippen LogP contribution in [0, 0.1) is 0 Å². The third kappa shape index (κ3) is 2.74. The van der Waals surface area contributed by atoms with Gasteiger partial charge in [-0.2, -0.15) is 0 Å². The average Bonchev–Trinajstić information content (AvgIpc) is 2.13. The molecule has 0 aliphatic carbocycles. The number of hydrogen-bond donors (Lipinski definition) is 6. The van der Waals surface area contributed by atoms with E-state index in [1.54, 1.807) is 0 Å². The minimum absolute atomic E-state index is 0.0126. The highest BCUT2D eigenvalue weighted by atomic mass is 32.1. The molecule has 7 N–H and O–H groups in total. The number of nitrogens with one attached hydrogen (secondary N) is 2. The number of ether oxygens (including phenoxy) is 1. The summed E-state index contributed by atoms with van der Waals surface area (Å²) in [5, 5.41) is 27.8. The Morgan fingerprint density at radius 1 is 1.36 bits per heavy atom. The van der Waals surface area contributed by atoms with Gasteiger partial charge in [0.15, 0.2) is 11.3 Å². The molecule has 4 atom stereocenters. The van der Waals surface area contributed by atoms with Gasteiger partial charge in [0.1, 0.15) is 18.3 Å². The molecule has 82 valence electrons. The summed E-state index contributed by atoms with van der Waals surface area (Å²) in [6, 6.07) is 0. The summed E-state index contributed by atoms with van der Waals surface area (Å²) in [5.74, 6) is 0. The summed E-state index contributed by atoms with van der Waals surface area (Å²) in [7, 11) is 0. The largest absolute Gasteiger partial charge is 0.388 e. The second kappa shape index (κ2) is 4.82. The van der Waals surface area contributed by atoms with E-state index in [1.165, 1.54) is 0 Å². The molecular formula is C6H13N3O4S. The van der Waals surface area contributed by atoms with E-state index in [4.69, 9.17) is 15.6 Å². The fourth-order valence-corrected chi connectivity index (χ4v) is 1.13. The van der Waals surface area contributed by atoms with Gasteiger partial charge in [-0.3, -0.25) is 5.43 Å². The second-order valence-corrected chi connectivity index (χ2v) is 3.38. The lowest BCUT2D eigenvalue weighted by Gasteiger charge is -2.35. The van der Waals surface area contributed by atoms with Crippen LogP contribution in [0.1, 0.15) is 0 Å². The molecule has 1 saturated heterocycles. The van der Waals surface area contributed by atoms with E-state index in [2.05, 4.69) is 23.1 Å². The van der Waals surface area contributed by atoms with E-state index in [1.807, 2.05) is 0 Å². The topological polar surface area (TPSA) is 120 Å². The summed E-state index contributed by atoms with van der Waals surface area (Å²) in [6.07, 6.45) is -4.46. The van der Waals surface area contributed by atoms with Crippen molar-refractivity contribution in [3.05, 3.63) is 0 Å². The molecule has 1 heterocycles. The van der Waals surface area contributed by atoms with E-state index in [-0.39, 0.29) is 11.7 Å². The molecule has 0 amide bonds. The molecule has 0 saturated carbocycles. The zero-order valence-electron chi connectivity index (χ0n) is 7.25. The maximum absolute atomic E-state index is 9.40. The fourth-order valence-electron chi connectivity index (χ4n) is 1.08. The van der Waals surface area contributed by atoms with Gasteiger partial charge in [-0.1, -0.05) is 0 Å². The zero-order chi connectivity index (χ0) is 10.7. The number of rotatable bonds is 2. The number of hydrazine groups is 1. The maximum atomic E-state index is 9.40. The van der Waals surface area contributed by atoms with Gasteiger partial charge in [0.05, 0.1) is 6.61 Å². The molecule has 1 aliphatic heterocycles. The van der Waals surface area contributed by atoms with Gasteiger partial charge >= 0.3 is 0 Å². The van der Waals surface area contributed by atoms with E-state index >= 15 is 0 Å². The van der Waals surface area contributed by atoms with Crippen LogP contribution in [0.4, 0.5) is 0 Å². The smallest absolute Gasteiger partial charge is 0.178 e. The van der Waals surface area contributed by atoms with Crippen molar-refractivity contribution >= 4 is 17.3 Å². The number of aliphatic hydroxyl groups excluding tert-OH is 3. The van der Waals surface area contributed by atoms with Crippen molar-refractivity contribution in [2.45, 2.75) is 24.5 Å². The molecule has 0 aromatic heterocycles. The van der Waals surface area contributed by atoms with Gasteiger partial charge in [-0.15, -0.1) is 0 Å². The minimum atomic E-state index is -1.26. The van der Waals surface area contributed by atoms with E-state index < -0.39 is 24.5 Å². The molecule has 14 heavy (non-hydrogen) atoms. The Bertz CT molecular complexity index is 217. The molecule has 1 rings (SSSR count). The van der Waals surface area contributed by atoms with Gasteiger partial charge in [-0.25, -0.2) is 5.43 Å². The molecular weight excluding hydrogens is 210 g/mol. The van der Waals surface area contributed by atoms with Crippen LogP contribution in [-0.2, 0) is 4.74 Å². The maximum Gasteiger partial charge on any atom is 0.178 e. The van der Waals surface area contributed by atoms with Gasteiger partial charge in [0.25, 0.3) is 0 Å². The van der Waals surface area contributed by atoms with Crippen LogP contribution in [0.3, 0.4) is 0 Å². The van der Waals surface area contributed by atoms with Crippen LogP contribution in [0.5, 0.6) is 0 Å². The normalized spacial score (nSPS) is 37.9. The third-order valence-corrected chi connectivity index (χ3v) is 1.94. The average molecular weight is 223 g/mol. The molecule has 0 aromatic carbocycles. The molecule has 8 heteroatoms. The van der Waals surface area contributed by atoms with Crippen molar-refractivity contribution in [1.29, 1.82) is 0 Å². The van der Waals surface area contributed by atoms with Crippen molar-refractivity contribution in [2.75, 3.05) is 6.61 Å². The van der Waals surface area contributed by atoms with Gasteiger partial charge < -0.3 is 25.8 Å². The highest BCUT2D eigenvalue weighted by molar-refractivity contribution is 7.80. The van der Waals surface area contributed by atoms with Gasteiger partial charge in [0.2, 0.25) is 0 Å². The lowest BCUT2D eigenvalue weighted by Crippen LogP contribution is -2.61. The molecule has 1 aliphatic rings. The SMILES string of the molecule is NC(=S)NN[C@H]1OC[C@@H](O)[C@@H](O)[C@@H]1O. The van der Waals surface area contributed by atoms with Crippen molar-refractivity contribution in [3.63, 3.8) is 0 Å². The summed E-state index contributed by atoms with van der Waals surface area (Å²) < 4.78 is 4.97. The number of hydrogen-bond acceptors (Lipinski definition) is 6. The predicted molar refractivity (Wildman–Crippen MR) is 50.8 cm³/mol.